The topological polar surface area (TPSA) is 71.2 Å². The van der Waals surface area contributed by atoms with E-state index in [4.69, 9.17) is 4.52 Å². The first kappa shape index (κ1) is 14.0. The summed E-state index contributed by atoms with van der Waals surface area (Å²) < 4.78 is 5.39. The van der Waals surface area contributed by atoms with Crippen molar-refractivity contribution in [2.24, 2.45) is 11.8 Å². The molecular weight excluding hydrogens is 254 g/mol. The highest BCUT2D eigenvalue weighted by molar-refractivity contribution is 5.02. The van der Waals surface area contributed by atoms with Crippen LogP contribution in [0.5, 0.6) is 0 Å². The summed E-state index contributed by atoms with van der Waals surface area (Å²) in [5.41, 5.74) is 0. The fourth-order valence-electron chi connectivity index (χ4n) is 3.50. The van der Waals surface area contributed by atoms with Crippen molar-refractivity contribution in [1.82, 2.24) is 15.5 Å². The van der Waals surface area contributed by atoms with Crippen LogP contribution in [0.4, 0.5) is 0 Å². The average molecular weight is 279 g/mol. The lowest BCUT2D eigenvalue weighted by atomic mass is 9.77. The van der Waals surface area contributed by atoms with E-state index in [9.17, 15) is 5.11 Å². The van der Waals surface area contributed by atoms with Crippen molar-refractivity contribution in [1.29, 1.82) is 0 Å². The molecule has 112 valence electrons. The van der Waals surface area contributed by atoms with Crippen molar-refractivity contribution in [2.45, 2.75) is 64.0 Å². The van der Waals surface area contributed by atoms with Gasteiger partial charge in [-0.3, -0.25) is 0 Å². The SMILES string of the molecule is CC(C)C1CCC(c2noc([C@H]3C[C@H](O)CN3)n2)CC1. The van der Waals surface area contributed by atoms with E-state index in [-0.39, 0.29) is 12.1 Å². The summed E-state index contributed by atoms with van der Waals surface area (Å²) in [6.07, 6.45) is 5.25. The van der Waals surface area contributed by atoms with Gasteiger partial charge in [-0.15, -0.1) is 0 Å². The summed E-state index contributed by atoms with van der Waals surface area (Å²) in [4.78, 5) is 4.57. The quantitative estimate of drug-likeness (QED) is 0.889. The number of aliphatic hydroxyl groups is 1. The maximum absolute atomic E-state index is 9.55. The second kappa shape index (κ2) is 5.82. The number of nitrogens with one attached hydrogen (secondary N) is 1. The summed E-state index contributed by atoms with van der Waals surface area (Å²) >= 11 is 0. The number of β-amino-alcohol motifs (C(OH)–C–C–N with tert-alkyl or cyclic N) is 1. The maximum atomic E-state index is 9.55. The molecule has 0 radical (unpaired) electrons. The lowest BCUT2D eigenvalue weighted by Crippen LogP contribution is -2.18. The zero-order chi connectivity index (χ0) is 14.1. The Balaban J connectivity index is 1.60. The maximum Gasteiger partial charge on any atom is 0.243 e. The number of hydrogen-bond acceptors (Lipinski definition) is 5. The molecule has 2 atom stereocenters. The molecule has 2 heterocycles. The predicted octanol–water partition coefficient (Wildman–Crippen LogP) is 2.39. The first-order valence-corrected chi connectivity index (χ1v) is 7.88. The molecule has 0 unspecified atom stereocenters. The average Bonchev–Trinajstić information content (AvgIpc) is 3.07. The molecule has 1 aliphatic carbocycles. The third-order valence-corrected chi connectivity index (χ3v) is 4.94. The molecule has 5 heteroatoms. The zero-order valence-corrected chi connectivity index (χ0v) is 12.4. The van der Waals surface area contributed by atoms with E-state index in [1.54, 1.807) is 0 Å². The molecule has 0 amide bonds. The second-order valence-electron chi connectivity index (χ2n) is 6.70. The largest absolute Gasteiger partial charge is 0.392 e. The Morgan fingerprint density at radius 3 is 2.60 bits per heavy atom. The molecular formula is C15H25N3O2. The number of rotatable bonds is 3. The van der Waals surface area contributed by atoms with Crippen molar-refractivity contribution in [2.75, 3.05) is 6.54 Å². The molecule has 0 aromatic carbocycles. The van der Waals surface area contributed by atoms with Gasteiger partial charge in [0.2, 0.25) is 5.89 Å². The predicted molar refractivity (Wildman–Crippen MR) is 75.2 cm³/mol. The molecule has 2 fully saturated rings. The van der Waals surface area contributed by atoms with Crippen LogP contribution < -0.4 is 5.32 Å². The molecule has 1 aromatic rings. The van der Waals surface area contributed by atoms with Crippen molar-refractivity contribution in [3.8, 4) is 0 Å². The van der Waals surface area contributed by atoms with E-state index < -0.39 is 0 Å². The molecule has 1 saturated carbocycles. The normalized spacial score (nSPS) is 34.8. The van der Waals surface area contributed by atoms with Crippen molar-refractivity contribution >= 4 is 0 Å². The van der Waals surface area contributed by atoms with Gasteiger partial charge in [0.1, 0.15) is 0 Å². The van der Waals surface area contributed by atoms with Gasteiger partial charge in [0.05, 0.1) is 12.1 Å². The molecule has 1 aromatic heterocycles. The lowest BCUT2D eigenvalue weighted by molar-refractivity contribution is 0.191. The summed E-state index contributed by atoms with van der Waals surface area (Å²) in [6.45, 7) is 5.24. The van der Waals surface area contributed by atoms with Crippen LogP contribution in [-0.4, -0.2) is 27.9 Å². The zero-order valence-electron chi connectivity index (χ0n) is 12.4. The van der Waals surface area contributed by atoms with E-state index in [1.165, 1.54) is 25.7 Å². The molecule has 0 bridgehead atoms. The molecule has 2 aliphatic rings. The van der Waals surface area contributed by atoms with Gasteiger partial charge in [-0.1, -0.05) is 19.0 Å². The first-order valence-electron chi connectivity index (χ1n) is 7.88. The van der Waals surface area contributed by atoms with Crippen molar-refractivity contribution in [3.63, 3.8) is 0 Å². The van der Waals surface area contributed by atoms with Gasteiger partial charge in [0.25, 0.3) is 0 Å². The van der Waals surface area contributed by atoms with E-state index >= 15 is 0 Å². The number of hydrogen-bond donors (Lipinski definition) is 2. The minimum Gasteiger partial charge on any atom is -0.392 e. The van der Waals surface area contributed by atoms with Gasteiger partial charge in [0.15, 0.2) is 5.82 Å². The van der Waals surface area contributed by atoms with E-state index in [2.05, 4.69) is 29.3 Å². The minimum atomic E-state index is -0.295. The first-order chi connectivity index (χ1) is 9.63. The fraction of sp³-hybridized carbons (Fsp3) is 0.867. The standard InChI is InChI=1S/C15H25N3O2/c1-9(2)10-3-5-11(6-4-10)14-17-15(20-18-14)13-7-12(19)8-16-13/h9-13,16,19H,3-8H2,1-2H3/t10?,11?,12-,13+/m0/s1. The molecule has 1 aliphatic heterocycles. The van der Waals surface area contributed by atoms with Crippen LogP contribution in [0.15, 0.2) is 4.52 Å². The van der Waals surface area contributed by atoms with Crippen LogP contribution >= 0.6 is 0 Å². The molecule has 3 rings (SSSR count). The number of aliphatic hydroxyl groups excluding tert-OH is 1. The summed E-state index contributed by atoms with van der Waals surface area (Å²) in [5.74, 6) is 3.59. The number of aromatic nitrogens is 2. The van der Waals surface area contributed by atoms with Gasteiger partial charge in [-0.2, -0.15) is 4.98 Å². The summed E-state index contributed by atoms with van der Waals surface area (Å²) in [5, 5.41) is 16.9. The molecule has 5 nitrogen and oxygen atoms in total. The van der Waals surface area contributed by atoms with E-state index in [1.807, 2.05) is 0 Å². The van der Waals surface area contributed by atoms with Gasteiger partial charge in [-0.25, -0.2) is 0 Å². The Kier molecular flexibility index (Phi) is 4.08. The summed E-state index contributed by atoms with van der Waals surface area (Å²) in [7, 11) is 0. The van der Waals surface area contributed by atoms with Crippen LogP contribution in [0.2, 0.25) is 0 Å². The monoisotopic (exact) mass is 279 g/mol. The number of nitrogens with zero attached hydrogens (tertiary/aromatic N) is 2. The minimum absolute atomic E-state index is 0.0262. The van der Waals surface area contributed by atoms with Crippen LogP contribution in [0.1, 0.15) is 69.6 Å². The third-order valence-electron chi connectivity index (χ3n) is 4.94. The third kappa shape index (κ3) is 2.88. The highest BCUT2D eigenvalue weighted by Crippen LogP contribution is 2.38. The van der Waals surface area contributed by atoms with Crippen LogP contribution in [0.3, 0.4) is 0 Å². The van der Waals surface area contributed by atoms with E-state index in [0.29, 0.717) is 24.8 Å². The van der Waals surface area contributed by atoms with Gasteiger partial charge < -0.3 is 14.9 Å². The summed E-state index contributed by atoms with van der Waals surface area (Å²) in [6, 6.07) is 0.0262. The van der Waals surface area contributed by atoms with Crippen LogP contribution in [0, 0.1) is 11.8 Å². The molecule has 0 spiro atoms. The Morgan fingerprint density at radius 1 is 1.25 bits per heavy atom. The molecule has 20 heavy (non-hydrogen) atoms. The van der Waals surface area contributed by atoms with Gasteiger partial charge in [-0.05, 0) is 43.9 Å². The smallest absolute Gasteiger partial charge is 0.243 e. The highest BCUT2D eigenvalue weighted by Gasteiger charge is 2.31. The highest BCUT2D eigenvalue weighted by atomic mass is 16.5. The Hall–Kier alpha value is -0.940. The fourth-order valence-corrected chi connectivity index (χ4v) is 3.50. The lowest BCUT2D eigenvalue weighted by Gasteiger charge is -2.29. The second-order valence-corrected chi connectivity index (χ2v) is 6.70. The molecule has 2 N–H and O–H groups in total. The van der Waals surface area contributed by atoms with Gasteiger partial charge in [0, 0.05) is 12.5 Å². The Morgan fingerprint density at radius 2 is 2.00 bits per heavy atom. The van der Waals surface area contributed by atoms with E-state index in [0.717, 1.165) is 17.7 Å². The van der Waals surface area contributed by atoms with Crippen molar-refractivity contribution < 1.29 is 9.63 Å². The van der Waals surface area contributed by atoms with Crippen molar-refractivity contribution in [3.05, 3.63) is 11.7 Å². The van der Waals surface area contributed by atoms with Gasteiger partial charge >= 0.3 is 0 Å². The Bertz CT molecular complexity index is 438. The van der Waals surface area contributed by atoms with Crippen LogP contribution in [0.25, 0.3) is 0 Å². The Labute approximate surface area is 120 Å². The molecule has 1 saturated heterocycles. The van der Waals surface area contributed by atoms with Crippen LogP contribution in [-0.2, 0) is 0 Å².